The summed E-state index contributed by atoms with van der Waals surface area (Å²) >= 11 is 0. The van der Waals surface area contributed by atoms with Gasteiger partial charge in [-0.1, -0.05) is 32.0 Å². The largest absolute Gasteiger partial charge is 0.416 e. The van der Waals surface area contributed by atoms with Gasteiger partial charge in [-0.05, 0) is 67.5 Å². The number of nitrogens with one attached hydrogen (secondary N) is 1. The standard InChI is InChI=1S/C29H32F3N3O3/c1-17(2)11-25(35-10-9-23(14-26(35)37)29(30,31)32)28(38)34-24(12-20(5)36)21-13-22(16-33-15-21)27-18(3)7-6-8-19(27)4/h6-10,13-17,24-25H,11-12H2,1-5H3,(H,34,38)/t24-,25-/m0/s1. The Hall–Kier alpha value is -3.75. The minimum atomic E-state index is -4.67. The summed E-state index contributed by atoms with van der Waals surface area (Å²) in [6, 6.07) is 7.29. The molecule has 1 aromatic carbocycles. The average Bonchev–Trinajstić information content (AvgIpc) is 2.81. The average molecular weight is 528 g/mol. The highest BCUT2D eigenvalue weighted by atomic mass is 19.4. The molecule has 2 aromatic heterocycles. The molecule has 0 aliphatic heterocycles. The van der Waals surface area contributed by atoms with Crippen molar-refractivity contribution in [2.75, 3.05) is 0 Å². The first-order valence-corrected chi connectivity index (χ1v) is 12.4. The van der Waals surface area contributed by atoms with E-state index in [9.17, 15) is 27.6 Å². The Balaban J connectivity index is 1.99. The molecule has 0 saturated carbocycles. The fraction of sp³-hybridized carbons (Fsp3) is 0.379. The van der Waals surface area contributed by atoms with Crippen molar-refractivity contribution in [2.24, 2.45) is 5.92 Å². The van der Waals surface area contributed by atoms with E-state index in [0.717, 1.165) is 39.1 Å². The number of pyridine rings is 2. The van der Waals surface area contributed by atoms with Gasteiger partial charge in [0.05, 0.1) is 11.6 Å². The van der Waals surface area contributed by atoms with Gasteiger partial charge in [-0.3, -0.25) is 19.4 Å². The van der Waals surface area contributed by atoms with Gasteiger partial charge in [0.1, 0.15) is 11.8 Å². The molecule has 1 amide bonds. The number of hydrogen-bond donors (Lipinski definition) is 1. The lowest BCUT2D eigenvalue weighted by Crippen LogP contribution is -2.40. The Labute approximate surface area is 219 Å². The Morgan fingerprint density at radius 3 is 2.26 bits per heavy atom. The third kappa shape index (κ3) is 6.96. The van der Waals surface area contributed by atoms with Crippen molar-refractivity contribution < 1.29 is 22.8 Å². The number of aryl methyl sites for hydroxylation is 2. The first-order valence-electron chi connectivity index (χ1n) is 12.4. The van der Waals surface area contributed by atoms with Crippen LogP contribution in [0.15, 0.2) is 59.8 Å². The van der Waals surface area contributed by atoms with Gasteiger partial charge in [-0.2, -0.15) is 13.2 Å². The second-order valence-electron chi connectivity index (χ2n) is 10.0. The van der Waals surface area contributed by atoms with Crippen LogP contribution in [0.3, 0.4) is 0 Å². The summed E-state index contributed by atoms with van der Waals surface area (Å²) in [6.07, 6.45) is -0.179. The minimum Gasteiger partial charge on any atom is -0.347 e. The predicted molar refractivity (Wildman–Crippen MR) is 140 cm³/mol. The predicted octanol–water partition coefficient (Wildman–Crippen LogP) is 5.97. The number of benzene rings is 1. The highest BCUT2D eigenvalue weighted by Gasteiger charge is 2.32. The summed E-state index contributed by atoms with van der Waals surface area (Å²) < 4.78 is 40.3. The highest BCUT2D eigenvalue weighted by molar-refractivity contribution is 5.83. The Morgan fingerprint density at radius 2 is 1.71 bits per heavy atom. The maximum absolute atomic E-state index is 13.5. The van der Waals surface area contributed by atoms with Crippen LogP contribution >= 0.6 is 0 Å². The maximum Gasteiger partial charge on any atom is 0.416 e. The van der Waals surface area contributed by atoms with E-state index in [0.29, 0.717) is 11.6 Å². The molecule has 0 bridgehead atoms. The molecule has 0 fully saturated rings. The van der Waals surface area contributed by atoms with E-state index in [1.807, 2.05) is 52.0 Å². The van der Waals surface area contributed by atoms with E-state index in [1.54, 1.807) is 12.4 Å². The lowest BCUT2D eigenvalue weighted by atomic mass is 9.94. The van der Waals surface area contributed by atoms with Crippen molar-refractivity contribution in [1.82, 2.24) is 14.9 Å². The van der Waals surface area contributed by atoms with Crippen LogP contribution in [0.4, 0.5) is 13.2 Å². The molecule has 0 spiro atoms. The Kier molecular flexibility index (Phi) is 8.91. The number of halogens is 3. The summed E-state index contributed by atoms with van der Waals surface area (Å²) in [5.74, 6) is -0.774. The number of carbonyl (C=O) groups excluding carboxylic acids is 2. The molecule has 0 aliphatic rings. The van der Waals surface area contributed by atoms with Gasteiger partial charge < -0.3 is 9.88 Å². The molecule has 0 saturated heterocycles. The quantitative estimate of drug-likeness (QED) is 0.372. The van der Waals surface area contributed by atoms with Crippen LogP contribution in [0.25, 0.3) is 11.1 Å². The number of ketones is 1. The molecular formula is C29H32F3N3O3. The molecule has 38 heavy (non-hydrogen) atoms. The van der Waals surface area contributed by atoms with Gasteiger partial charge in [0.2, 0.25) is 5.91 Å². The summed E-state index contributed by atoms with van der Waals surface area (Å²) in [5.41, 5.74) is 2.54. The zero-order valence-corrected chi connectivity index (χ0v) is 22.1. The molecule has 0 unspecified atom stereocenters. The molecule has 3 rings (SSSR count). The number of carbonyl (C=O) groups is 2. The van der Waals surface area contributed by atoms with Crippen LogP contribution in [0.5, 0.6) is 0 Å². The summed E-state index contributed by atoms with van der Waals surface area (Å²) in [5, 5.41) is 2.87. The number of nitrogens with zero attached hydrogens (tertiary/aromatic N) is 2. The lowest BCUT2D eigenvalue weighted by molar-refractivity contribution is -0.137. The van der Waals surface area contributed by atoms with Crippen molar-refractivity contribution in [1.29, 1.82) is 0 Å². The Bertz CT molecular complexity index is 1360. The van der Waals surface area contributed by atoms with E-state index in [-0.39, 0.29) is 24.5 Å². The van der Waals surface area contributed by atoms with Crippen molar-refractivity contribution in [3.8, 4) is 11.1 Å². The van der Waals surface area contributed by atoms with Gasteiger partial charge in [0.25, 0.3) is 5.56 Å². The van der Waals surface area contributed by atoms with Crippen LogP contribution in [0.1, 0.15) is 68.0 Å². The van der Waals surface area contributed by atoms with Crippen LogP contribution in [0, 0.1) is 19.8 Å². The van der Waals surface area contributed by atoms with E-state index in [1.165, 1.54) is 6.92 Å². The maximum atomic E-state index is 13.5. The molecule has 9 heteroatoms. The number of Topliss-reactive ketones (excluding diaryl/α,β-unsaturated/α-hetero) is 1. The summed E-state index contributed by atoms with van der Waals surface area (Å²) in [6.45, 7) is 9.08. The van der Waals surface area contributed by atoms with Crippen molar-refractivity contribution in [3.63, 3.8) is 0 Å². The second kappa shape index (κ2) is 11.8. The summed E-state index contributed by atoms with van der Waals surface area (Å²) in [4.78, 5) is 42.6. The van der Waals surface area contributed by atoms with Crippen molar-refractivity contribution in [3.05, 3.63) is 87.6 Å². The molecule has 6 nitrogen and oxygen atoms in total. The fourth-order valence-corrected chi connectivity index (χ4v) is 4.58. The minimum absolute atomic E-state index is 0.0140. The van der Waals surface area contributed by atoms with Crippen LogP contribution in [-0.4, -0.2) is 21.2 Å². The van der Waals surface area contributed by atoms with Gasteiger partial charge in [-0.25, -0.2) is 0 Å². The van der Waals surface area contributed by atoms with E-state index in [2.05, 4.69) is 10.3 Å². The third-order valence-corrected chi connectivity index (χ3v) is 6.35. The first kappa shape index (κ1) is 28.8. The third-order valence-electron chi connectivity index (χ3n) is 6.35. The van der Waals surface area contributed by atoms with Gasteiger partial charge >= 0.3 is 6.18 Å². The number of hydrogen-bond acceptors (Lipinski definition) is 4. The first-order chi connectivity index (χ1) is 17.8. The molecule has 0 radical (unpaired) electrons. The van der Waals surface area contributed by atoms with Crippen molar-refractivity contribution in [2.45, 2.75) is 65.7 Å². The molecule has 3 aromatic rings. The zero-order chi connectivity index (χ0) is 28.2. The smallest absolute Gasteiger partial charge is 0.347 e. The Morgan fingerprint density at radius 1 is 1.05 bits per heavy atom. The van der Waals surface area contributed by atoms with Gasteiger partial charge in [0.15, 0.2) is 0 Å². The van der Waals surface area contributed by atoms with Crippen LogP contribution < -0.4 is 10.9 Å². The normalized spacial score (nSPS) is 13.3. The lowest BCUT2D eigenvalue weighted by Gasteiger charge is -2.25. The molecule has 202 valence electrons. The molecule has 0 aliphatic carbocycles. The van der Waals surface area contributed by atoms with E-state index < -0.39 is 35.3 Å². The second-order valence-corrected chi connectivity index (χ2v) is 10.0. The molecular weight excluding hydrogens is 495 g/mol. The molecule has 2 atom stereocenters. The molecule has 1 N–H and O–H groups in total. The number of alkyl halides is 3. The monoisotopic (exact) mass is 527 g/mol. The highest BCUT2D eigenvalue weighted by Crippen LogP contribution is 2.31. The SMILES string of the molecule is CC(=O)C[C@H](NC(=O)[C@H](CC(C)C)n1ccc(C(F)(F)F)cc1=O)c1cncc(-c2c(C)cccc2C)c1. The number of amides is 1. The number of rotatable bonds is 9. The number of aromatic nitrogens is 2. The van der Waals surface area contributed by atoms with Gasteiger partial charge in [-0.15, -0.1) is 0 Å². The van der Waals surface area contributed by atoms with E-state index in [4.69, 9.17) is 0 Å². The molecule has 2 heterocycles. The van der Waals surface area contributed by atoms with Crippen LogP contribution in [-0.2, 0) is 15.8 Å². The summed E-state index contributed by atoms with van der Waals surface area (Å²) in [7, 11) is 0. The van der Waals surface area contributed by atoms with Gasteiger partial charge in [0, 0.05) is 36.6 Å². The zero-order valence-electron chi connectivity index (χ0n) is 22.1. The van der Waals surface area contributed by atoms with E-state index >= 15 is 0 Å². The van der Waals surface area contributed by atoms with Crippen molar-refractivity contribution >= 4 is 11.7 Å². The van der Waals surface area contributed by atoms with Crippen LogP contribution in [0.2, 0.25) is 0 Å². The fourth-order valence-electron chi connectivity index (χ4n) is 4.58. The topological polar surface area (TPSA) is 81.1 Å².